The van der Waals surface area contributed by atoms with Crippen molar-refractivity contribution >= 4 is 43.4 Å². The van der Waals surface area contributed by atoms with Gasteiger partial charge < -0.3 is 5.73 Å². The summed E-state index contributed by atoms with van der Waals surface area (Å²) in [7, 11) is -3.44. The molecule has 0 saturated carbocycles. The van der Waals surface area contributed by atoms with Gasteiger partial charge in [-0.2, -0.15) is 16.1 Å². The van der Waals surface area contributed by atoms with Gasteiger partial charge in [0.2, 0.25) is 10.0 Å². The molecule has 1 aliphatic rings. The molecule has 20 heavy (non-hydrogen) atoms. The van der Waals surface area contributed by atoms with Crippen LogP contribution in [0.3, 0.4) is 0 Å². The molecule has 4 nitrogen and oxygen atoms in total. The summed E-state index contributed by atoms with van der Waals surface area (Å²) in [4.78, 5) is 0.295. The second-order valence-corrected chi connectivity index (χ2v) is 10.0. The lowest BCUT2D eigenvalue weighted by molar-refractivity contribution is 0.415. The first-order valence-electron chi connectivity index (χ1n) is 6.41. The average Bonchev–Trinajstić information content (AvgIpc) is 2.54. The van der Waals surface area contributed by atoms with Crippen LogP contribution in [0.25, 0.3) is 0 Å². The second kappa shape index (κ2) is 5.87. The van der Waals surface area contributed by atoms with Crippen LogP contribution in [0.5, 0.6) is 0 Å². The van der Waals surface area contributed by atoms with E-state index in [0.717, 1.165) is 12.2 Å². The summed E-state index contributed by atoms with van der Waals surface area (Å²) >= 11 is 5.11. The molecule has 0 atom stereocenters. The zero-order valence-electron chi connectivity index (χ0n) is 11.6. The molecular weight excluding hydrogens is 360 g/mol. The van der Waals surface area contributed by atoms with Crippen LogP contribution in [0.2, 0.25) is 0 Å². The molecule has 1 aromatic rings. The molecule has 0 amide bonds. The first-order valence-corrected chi connectivity index (χ1v) is 9.63. The Morgan fingerprint density at radius 3 is 2.70 bits per heavy atom. The third kappa shape index (κ3) is 3.50. The van der Waals surface area contributed by atoms with Crippen LogP contribution in [-0.2, 0) is 10.0 Å². The van der Waals surface area contributed by atoms with Gasteiger partial charge in [0.25, 0.3) is 0 Å². The Hall–Kier alpha value is -0.240. The zero-order chi connectivity index (χ0) is 15.0. The maximum absolute atomic E-state index is 12.7. The number of sulfonamides is 1. The van der Waals surface area contributed by atoms with Crippen molar-refractivity contribution < 1.29 is 8.42 Å². The molecule has 1 aromatic carbocycles. The molecule has 112 valence electrons. The fourth-order valence-corrected chi connectivity index (χ4v) is 5.27. The standard InChI is InChI=1S/C13H19BrN2O2S2/c1-13(2)5-6-16(7-8-19-13)20(17,18)10-3-4-12(15)11(14)9-10/h3-4,9H,5-8,15H2,1-2H3. The first kappa shape index (κ1) is 16.1. The van der Waals surface area contributed by atoms with Crippen molar-refractivity contribution in [2.45, 2.75) is 29.9 Å². The Kier molecular flexibility index (Phi) is 4.73. The Labute approximate surface area is 133 Å². The summed E-state index contributed by atoms with van der Waals surface area (Å²) < 4.78 is 27.7. The monoisotopic (exact) mass is 378 g/mol. The average molecular weight is 379 g/mol. The maximum atomic E-state index is 12.7. The van der Waals surface area contributed by atoms with Crippen molar-refractivity contribution in [3.8, 4) is 0 Å². The lowest BCUT2D eigenvalue weighted by atomic mass is 10.1. The number of rotatable bonds is 2. The van der Waals surface area contributed by atoms with Crippen molar-refractivity contribution in [2.75, 3.05) is 24.6 Å². The topological polar surface area (TPSA) is 63.4 Å². The van der Waals surface area contributed by atoms with Crippen LogP contribution in [-0.4, -0.2) is 36.3 Å². The largest absolute Gasteiger partial charge is 0.398 e. The smallest absolute Gasteiger partial charge is 0.243 e. The summed E-state index contributed by atoms with van der Waals surface area (Å²) in [6.07, 6.45) is 0.854. The molecule has 0 aromatic heterocycles. The van der Waals surface area contributed by atoms with Gasteiger partial charge >= 0.3 is 0 Å². The second-order valence-electron chi connectivity index (χ2n) is 5.45. The number of nitrogens with two attached hydrogens (primary N) is 1. The fourth-order valence-electron chi connectivity index (χ4n) is 2.06. The summed E-state index contributed by atoms with van der Waals surface area (Å²) in [5.74, 6) is 0.822. The summed E-state index contributed by atoms with van der Waals surface area (Å²) in [5, 5.41) is 0. The Bertz CT molecular complexity index is 602. The summed E-state index contributed by atoms with van der Waals surface area (Å²) in [6, 6.07) is 4.76. The highest BCUT2D eigenvalue weighted by Gasteiger charge is 2.30. The van der Waals surface area contributed by atoms with E-state index < -0.39 is 10.0 Å². The van der Waals surface area contributed by atoms with Crippen LogP contribution in [0.15, 0.2) is 27.6 Å². The maximum Gasteiger partial charge on any atom is 0.243 e. The number of nitrogens with zero attached hydrogens (tertiary/aromatic N) is 1. The molecule has 1 fully saturated rings. The third-order valence-corrected chi connectivity index (χ3v) is 7.36. The number of hydrogen-bond acceptors (Lipinski definition) is 4. The van der Waals surface area contributed by atoms with Crippen molar-refractivity contribution in [3.05, 3.63) is 22.7 Å². The predicted molar refractivity (Wildman–Crippen MR) is 88.5 cm³/mol. The fraction of sp³-hybridized carbons (Fsp3) is 0.538. The minimum absolute atomic E-state index is 0.131. The normalized spacial score (nSPS) is 20.6. The molecule has 0 unspecified atom stereocenters. The van der Waals surface area contributed by atoms with Crippen LogP contribution in [0.4, 0.5) is 5.69 Å². The minimum atomic E-state index is -3.44. The van der Waals surface area contributed by atoms with E-state index in [4.69, 9.17) is 5.73 Å². The third-order valence-electron chi connectivity index (χ3n) is 3.41. The van der Waals surface area contributed by atoms with E-state index in [1.807, 2.05) is 11.8 Å². The van der Waals surface area contributed by atoms with Gasteiger partial charge in [0.15, 0.2) is 0 Å². The van der Waals surface area contributed by atoms with E-state index in [-0.39, 0.29) is 4.75 Å². The van der Waals surface area contributed by atoms with Crippen LogP contribution in [0, 0.1) is 0 Å². The Balaban J connectivity index is 2.28. The molecule has 1 heterocycles. The number of anilines is 1. The molecule has 1 saturated heterocycles. The predicted octanol–water partition coefficient (Wildman–Crippen LogP) is 2.94. The van der Waals surface area contributed by atoms with Gasteiger partial charge in [0, 0.05) is 33.7 Å². The number of hydrogen-bond donors (Lipinski definition) is 1. The molecule has 0 aliphatic carbocycles. The summed E-state index contributed by atoms with van der Waals surface area (Å²) in [5.41, 5.74) is 6.25. The highest BCUT2D eigenvalue weighted by Crippen LogP contribution is 2.33. The molecule has 2 N–H and O–H groups in total. The Morgan fingerprint density at radius 1 is 1.35 bits per heavy atom. The van der Waals surface area contributed by atoms with Gasteiger partial charge in [-0.05, 0) is 40.5 Å². The molecule has 0 spiro atoms. The van der Waals surface area contributed by atoms with Crippen LogP contribution < -0.4 is 5.73 Å². The molecule has 0 radical (unpaired) electrons. The number of benzene rings is 1. The van der Waals surface area contributed by atoms with E-state index in [1.165, 1.54) is 0 Å². The highest BCUT2D eigenvalue weighted by molar-refractivity contribution is 9.10. The van der Waals surface area contributed by atoms with Crippen molar-refractivity contribution in [1.29, 1.82) is 0 Å². The molecule has 2 rings (SSSR count). The molecular formula is C13H19BrN2O2S2. The van der Waals surface area contributed by atoms with Crippen molar-refractivity contribution in [3.63, 3.8) is 0 Å². The van der Waals surface area contributed by atoms with Gasteiger partial charge in [0.1, 0.15) is 0 Å². The number of halogens is 1. The van der Waals surface area contributed by atoms with Crippen molar-refractivity contribution in [2.24, 2.45) is 0 Å². The van der Waals surface area contributed by atoms with E-state index >= 15 is 0 Å². The van der Waals surface area contributed by atoms with Crippen molar-refractivity contribution in [1.82, 2.24) is 4.31 Å². The summed E-state index contributed by atoms with van der Waals surface area (Å²) in [6.45, 7) is 5.43. The number of nitrogen functional groups attached to an aromatic ring is 1. The Morgan fingerprint density at radius 2 is 2.05 bits per heavy atom. The van der Waals surface area contributed by atoms with Crippen LogP contribution in [0.1, 0.15) is 20.3 Å². The quantitative estimate of drug-likeness (QED) is 0.803. The lowest BCUT2D eigenvalue weighted by Crippen LogP contribution is -2.33. The van der Waals surface area contributed by atoms with E-state index in [9.17, 15) is 8.42 Å². The van der Waals surface area contributed by atoms with Gasteiger partial charge in [-0.1, -0.05) is 13.8 Å². The molecule has 1 aliphatic heterocycles. The minimum Gasteiger partial charge on any atom is -0.398 e. The van der Waals surface area contributed by atoms with Gasteiger partial charge in [-0.15, -0.1) is 0 Å². The zero-order valence-corrected chi connectivity index (χ0v) is 14.8. The van der Waals surface area contributed by atoms with E-state index in [2.05, 4.69) is 29.8 Å². The van der Waals surface area contributed by atoms with Gasteiger partial charge in [-0.3, -0.25) is 0 Å². The first-order chi connectivity index (χ1) is 9.22. The SMILES string of the molecule is CC1(C)CCN(S(=O)(=O)c2ccc(N)c(Br)c2)CCS1. The number of thioether (sulfide) groups is 1. The molecule has 0 bridgehead atoms. The van der Waals surface area contributed by atoms with Gasteiger partial charge in [-0.25, -0.2) is 8.42 Å². The van der Waals surface area contributed by atoms with Gasteiger partial charge in [0.05, 0.1) is 4.90 Å². The molecule has 7 heteroatoms. The van der Waals surface area contributed by atoms with Crippen LogP contribution >= 0.6 is 27.7 Å². The van der Waals surface area contributed by atoms with E-state index in [0.29, 0.717) is 28.1 Å². The lowest BCUT2D eigenvalue weighted by Gasteiger charge is -2.22. The highest BCUT2D eigenvalue weighted by atomic mass is 79.9. The van der Waals surface area contributed by atoms with E-state index in [1.54, 1.807) is 22.5 Å².